The third-order valence-corrected chi connectivity index (χ3v) is 4.19. The average Bonchev–Trinajstić information content (AvgIpc) is 2.87. The third kappa shape index (κ3) is 3.28. The predicted molar refractivity (Wildman–Crippen MR) is 77.7 cm³/mol. The highest BCUT2D eigenvalue weighted by Crippen LogP contribution is 2.25. The van der Waals surface area contributed by atoms with Gasteiger partial charge in [-0.05, 0) is 11.6 Å². The molecule has 0 aliphatic heterocycles. The van der Waals surface area contributed by atoms with E-state index in [0.29, 0.717) is 10.6 Å². The molecule has 1 aromatic heterocycles. The molecule has 7 heteroatoms. The van der Waals surface area contributed by atoms with Crippen LogP contribution in [0.2, 0.25) is 5.02 Å². The number of thiazole rings is 1. The summed E-state index contributed by atoms with van der Waals surface area (Å²) in [6, 6.07) is 4.65. The number of ether oxygens (including phenoxy) is 1. The van der Waals surface area contributed by atoms with Crippen LogP contribution in [0.15, 0.2) is 18.2 Å². The number of hydrogen-bond donors (Lipinski definition) is 0. The van der Waals surface area contributed by atoms with Gasteiger partial charge in [-0.3, -0.25) is 4.79 Å². The molecule has 0 fully saturated rings. The average molecular weight is 328 g/mol. The molecule has 0 unspecified atom stereocenters. The van der Waals surface area contributed by atoms with Gasteiger partial charge >= 0.3 is 5.97 Å². The van der Waals surface area contributed by atoms with Crippen LogP contribution >= 0.6 is 22.9 Å². The SMILES string of the molecule is COC(=O)c1nc(Cc2cccc(Cl)c2F)sc1C(C)=O. The first-order valence-electron chi connectivity index (χ1n) is 5.96. The van der Waals surface area contributed by atoms with Gasteiger partial charge in [0.2, 0.25) is 0 Å². The molecule has 0 aliphatic rings. The third-order valence-electron chi connectivity index (χ3n) is 2.74. The summed E-state index contributed by atoms with van der Waals surface area (Å²) in [7, 11) is 1.21. The fourth-order valence-corrected chi connectivity index (χ4v) is 2.93. The Morgan fingerprint density at radius 2 is 2.14 bits per heavy atom. The Morgan fingerprint density at radius 1 is 1.43 bits per heavy atom. The Balaban J connectivity index is 2.39. The van der Waals surface area contributed by atoms with Crippen LogP contribution in [0.5, 0.6) is 0 Å². The summed E-state index contributed by atoms with van der Waals surface area (Å²) in [6.45, 7) is 1.34. The normalized spacial score (nSPS) is 10.5. The zero-order chi connectivity index (χ0) is 15.6. The summed E-state index contributed by atoms with van der Waals surface area (Å²) < 4.78 is 18.5. The van der Waals surface area contributed by atoms with E-state index in [1.165, 1.54) is 20.1 Å². The second-order valence-corrected chi connectivity index (χ2v) is 5.71. The van der Waals surface area contributed by atoms with Crippen LogP contribution in [0.25, 0.3) is 0 Å². The molecule has 0 saturated carbocycles. The molecule has 0 aliphatic carbocycles. The Kier molecular flexibility index (Phi) is 4.69. The summed E-state index contributed by atoms with van der Waals surface area (Å²) in [5.41, 5.74) is 0.315. The lowest BCUT2D eigenvalue weighted by Gasteiger charge is -2.01. The highest BCUT2D eigenvalue weighted by atomic mass is 35.5. The Morgan fingerprint density at radius 3 is 2.76 bits per heavy atom. The zero-order valence-electron chi connectivity index (χ0n) is 11.3. The number of halogens is 2. The van der Waals surface area contributed by atoms with Crippen molar-refractivity contribution in [2.75, 3.05) is 7.11 Å². The van der Waals surface area contributed by atoms with Crippen molar-refractivity contribution in [3.05, 3.63) is 50.2 Å². The fraction of sp³-hybridized carbons (Fsp3) is 0.214. The van der Waals surface area contributed by atoms with Crippen molar-refractivity contribution >= 4 is 34.7 Å². The molecule has 110 valence electrons. The number of carbonyl (C=O) groups is 2. The van der Waals surface area contributed by atoms with Gasteiger partial charge in [-0.1, -0.05) is 23.7 Å². The standard InChI is InChI=1S/C14H11ClFNO3S/c1-7(18)13-12(14(19)20-2)17-10(21-13)6-8-4-3-5-9(15)11(8)16/h3-5H,6H2,1-2H3. The number of nitrogens with zero attached hydrogens (tertiary/aromatic N) is 1. The molecule has 0 saturated heterocycles. The molecule has 0 atom stereocenters. The van der Waals surface area contributed by atoms with Gasteiger partial charge in [0, 0.05) is 13.3 Å². The monoisotopic (exact) mass is 327 g/mol. The summed E-state index contributed by atoms with van der Waals surface area (Å²) in [6.07, 6.45) is 0.147. The zero-order valence-corrected chi connectivity index (χ0v) is 12.8. The number of ketones is 1. The summed E-state index contributed by atoms with van der Waals surface area (Å²) in [5.74, 6) is -1.50. The van der Waals surface area contributed by atoms with E-state index >= 15 is 0 Å². The van der Waals surface area contributed by atoms with Crippen LogP contribution in [-0.2, 0) is 11.2 Å². The summed E-state index contributed by atoms with van der Waals surface area (Å²) >= 11 is 6.77. The number of hydrogen-bond acceptors (Lipinski definition) is 5. The largest absolute Gasteiger partial charge is 0.464 e. The maximum atomic E-state index is 13.9. The van der Waals surface area contributed by atoms with Gasteiger partial charge in [0.25, 0.3) is 0 Å². The van der Waals surface area contributed by atoms with Crippen LogP contribution in [-0.4, -0.2) is 23.8 Å². The van der Waals surface area contributed by atoms with E-state index in [9.17, 15) is 14.0 Å². The maximum Gasteiger partial charge on any atom is 0.358 e. The van der Waals surface area contributed by atoms with Gasteiger partial charge < -0.3 is 4.74 Å². The minimum Gasteiger partial charge on any atom is -0.464 e. The number of aromatic nitrogens is 1. The van der Waals surface area contributed by atoms with Gasteiger partial charge in [0.05, 0.1) is 17.1 Å². The number of esters is 1. The van der Waals surface area contributed by atoms with E-state index in [4.69, 9.17) is 11.6 Å². The lowest BCUT2D eigenvalue weighted by Crippen LogP contribution is -2.07. The molecule has 2 rings (SSSR count). The van der Waals surface area contributed by atoms with Crippen molar-refractivity contribution < 1.29 is 18.7 Å². The molecule has 4 nitrogen and oxygen atoms in total. The van der Waals surface area contributed by atoms with Crippen LogP contribution in [0.1, 0.15) is 37.7 Å². The number of Topliss-reactive ketones (excluding diaryl/α,β-unsaturated/α-hetero) is 1. The van der Waals surface area contributed by atoms with Crippen molar-refractivity contribution in [3.63, 3.8) is 0 Å². The molecule has 0 amide bonds. The fourth-order valence-electron chi connectivity index (χ4n) is 1.76. The quantitative estimate of drug-likeness (QED) is 0.637. The Labute approximate surface area is 129 Å². The van der Waals surface area contributed by atoms with Crippen molar-refractivity contribution in [3.8, 4) is 0 Å². The first-order chi connectivity index (χ1) is 9.93. The second-order valence-electron chi connectivity index (χ2n) is 4.22. The Hall–Kier alpha value is -1.79. The summed E-state index contributed by atoms with van der Waals surface area (Å²) in [4.78, 5) is 27.4. The number of carbonyl (C=O) groups excluding carboxylic acids is 2. The summed E-state index contributed by atoms with van der Waals surface area (Å²) in [5, 5.41) is 0.464. The first kappa shape index (κ1) is 15.6. The number of methoxy groups -OCH3 is 1. The molecule has 2 aromatic rings. The van der Waals surface area contributed by atoms with Crippen LogP contribution in [0.3, 0.4) is 0 Å². The topological polar surface area (TPSA) is 56.3 Å². The number of rotatable bonds is 4. The van der Waals surface area contributed by atoms with Crippen molar-refractivity contribution in [1.29, 1.82) is 0 Å². The van der Waals surface area contributed by atoms with Gasteiger partial charge in [0.15, 0.2) is 11.5 Å². The lowest BCUT2D eigenvalue weighted by atomic mass is 10.1. The molecule has 21 heavy (non-hydrogen) atoms. The molecule has 0 radical (unpaired) electrons. The second kappa shape index (κ2) is 6.32. The van der Waals surface area contributed by atoms with E-state index in [-0.39, 0.29) is 27.8 Å². The van der Waals surface area contributed by atoms with E-state index in [0.717, 1.165) is 11.3 Å². The maximum absolute atomic E-state index is 13.9. The molecule has 1 heterocycles. The molecule has 0 bridgehead atoms. The molecule has 1 aromatic carbocycles. The van der Waals surface area contributed by atoms with Gasteiger partial charge in [-0.2, -0.15) is 0 Å². The molecular formula is C14H11ClFNO3S. The minimum absolute atomic E-state index is 0.0176. The highest BCUT2D eigenvalue weighted by Gasteiger charge is 2.22. The van der Waals surface area contributed by atoms with Gasteiger partial charge in [-0.25, -0.2) is 14.2 Å². The molecule has 0 spiro atoms. The predicted octanol–water partition coefficient (Wildman–Crippen LogP) is 3.52. The van der Waals surface area contributed by atoms with E-state index in [1.54, 1.807) is 12.1 Å². The van der Waals surface area contributed by atoms with E-state index in [1.807, 2.05) is 0 Å². The smallest absolute Gasteiger partial charge is 0.358 e. The highest BCUT2D eigenvalue weighted by molar-refractivity contribution is 7.14. The van der Waals surface area contributed by atoms with Crippen molar-refractivity contribution in [1.82, 2.24) is 4.98 Å². The van der Waals surface area contributed by atoms with Crippen LogP contribution in [0.4, 0.5) is 4.39 Å². The van der Waals surface area contributed by atoms with Gasteiger partial charge in [-0.15, -0.1) is 11.3 Å². The van der Waals surface area contributed by atoms with Crippen LogP contribution < -0.4 is 0 Å². The van der Waals surface area contributed by atoms with E-state index < -0.39 is 11.8 Å². The van der Waals surface area contributed by atoms with Crippen molar-refractivity contribution in [2.45, 2.75) is 13.3 Å². The molecule has 0 N–H and O–H groups in total. The first-order valence-corrected chi connectivity index (χ1v) is 7.15. The lowest BCUT2D eigenvalue weighted by molar-refractivity contribution is 0.0591. The Bertz CT molecular complexity index is 714. The number of benzene rings is 1. The molecular weight excluding hydrogens is 317 g/mol. The van der Waals surface area contributed by atoms with Crippen LogP contribution in [0, 0.1) is 5.82 Å². The van der Waals surface area contributed by atoms with Crippen molar-refractivity contribution in [2.24, 2.45) is 0 Å². The van der Waals surface area contributed by atoms with E-state index in [2.05, 4.69) is 9.72 Å². The van der Waals surface area contributed by atoms with Gasteiger partial charge in [0.1, 0.15) is 10.7 Å². The minimum atomic E-state index is -0.686.